The molecule has 0 fully saturated rings. The summed E-state index contributed by atoms with van der Waals surface area (Å²) in [6.45, 7) is 0. The van der Waals surface area contributed by atoms with Crippen LogP contribution in [0.4, 0.5) is 0 Å². The van der Waals surface area contributed by atoms with Crippen molar-refractivity contribution < 1.29 is 0 Å². The molecule has 2 aliphatic rings. The molecule has 0 aromatic heterocycles. The van der Waals surface area contributed by atoms with Gasteiger partial charge in [0.15, 0.2) is 0 Å². The number of hydrogen-bond acceptors (Lipinski definition) is 4. The summed E-state index contributed by atoms with van der Waals surface area (Å²) in [6.07, 6.45) is 0. The monoisotopic (exact) mass is 578 g/mol. The number of rotatable bonds is 0. The van der Waals surface area contributed by atoms with Crippen LogP contribution in [0.2, 0.25) is 0 Å². The second kappa shape index (κ2) is 8.14. The zero-order chi connectivity index (χ0) is 25.9. The Hall–Kier alpha value is -3.28. The van der Waals surface area contributed by atoms with Gasteiger partial charge in [-0.3, -0.25) is 0 Å². The molecular weight excluding hydrogens is 561 g/mol. The lowest BCUT2D eigenvalue weighted by Gasteiger charge is -2.20. The Morgan fingerprint density at radius 2 is 0.725 bits per heavy atom. The lowest BCUT2D eigenvalue weighted by atomic mass is 9.83. The van der Waals surface area contributed by atoms with E-state index in [9.17, 15) is 0 Å². The first-order chi connectivity index (χ1) is 19.9. The Kier molecular flexibility index (Phi) is 4.56. The number of benzene rings is 8. The summed E-state index contributed by atoms with van der Waals surface area (Å²) in [5, 5.41) is 30.7. The van der Waals surface area contributed by atoms with Gasteiger partial charge < -0.3 is 0 Å². The van der Waals surface area contributed by atoms with Crippen LogP contribution < -0.4 is 10.4 Å². The van der Waals surface area contributed by atoms with Crippen LogP contribution in [-0.2, 0) is 0 Å². The highest BCUT2D eigenvalue weighted by Crippen LogP contribution is 2.47. The predicted octanol–water partition coefficient (Wildman–Crippen LogP) is 10.7. The molecule has 0 amide bonds. The largest absolute Gasteiger partial charge is 0.0895 e. The molecule has 0 N–H and O–H groups in total. The normalized spacial score (nSPS) is 15.8. The van der Waals surface area contributed by atoms with E-state index in [2.05, 4.69) is 107 Å². The van der Waals surface area contributed by atoms with E-state index in [0.29, 0.717) is 0 Å². The Morgan fingerprint density at radius 3 is 1.15 bits per heavy atom. The van der Waals surface area contributed by atoms with E-state index < -0.39 is 0 Å². The molecule has 0 radical (unpaired) electrons. The van der Waals surface area contributed by atoms with Crippen molar-refractivity contribution in [3.05, 3.63) is 117 Å². The molecule has 0 saturated carbocycles. The molecule has 0 spiro atoms. The Bertz CT molecular complexity index is 2390. The second-order valence-corrected chi connectivity index (χ2v) is 14.6. The van der Waals surface area contributed by atoms with Gasteiger partial charge in [0.1, 0.15) is 0 Å². The lowest BCUT2D eigenvalue weighted by molar-refractivity contribution is 1.75. The minimum atomic E-state index is 1.33. The van der Waals surface area contributed by atoms with E-state index in [1.165, 1.54) is 94.3 Å². The zero-order valence-electron chi connectivity index (χ0n) is 21.0. The van der Waals surface area contributed by atoms with E-state index in [-0.39, 0.29) is 0 Å². The van der Waals surface area contributed by atoms with Crippen molar-refractivity contribution in [2.75, 3.05) is 0 Å². The first kappa shape index (κ1) is 22.4. The van der Waals surface area contributed by atoms with Crippen LogP contribution in [0.15, 0.2) is 107 Å². The average Bonchev–Trinajstić information content (AvgIpc) is 3.73. The van der Waals surface area contributed by atoms with Gasteiger partial charge in [-0.2, -0.15) is 0 Å². The number of hydrogen-bond donors (Lipinski definition) is 0. The van der Waals surface area contributed by atoms with Gasteiger partial charge in [0, 0.05) is 10.4 Å². The highest BCUT2D eigenvalue weighted by Gasteiger charge is 2.22. The first-order valence-electron chi connectivity index (χ1n) is 13.3. The van der Waals surface area contributed by atoms with Crippen molar-refractivity contribution in [1.29, 1.82) is 0 Å². The molecule has 0 bridgehead atoms. The molecule has 0 unspecified atom stereocenters. The molecule has 40 heavy (non-hydrogen) atoms. The SMILES string of the molecule is C1=CSC(=c2c3ccccc3c3ccc4cc5c(=C6SC=CS6)c6ccccc6c6ccc7cc2c3c4c7c56)S1. The van der Waals surface area contributed by atoms with Gasteiger partial charge in [-0.15, -0.1) is 0 Å². The van der Waals surface area contributed by atoms with E-state index >= 15 is 0 Å². The fourth-order valence-electron chi connectivity index (χ4n) is 7.13. The highest BCUT2D eigenvalue weighted by atomic mass is 32.2. The fraction of sp³-hybridized carbons (Fsp3) is 0. The van der Waals surface area contributed by atoms with E-state index in [0.717, 1.165) is 0 Å². The summed E-state index contributed by atoms with van der Waals surface area (Å²) in [5.74, 6) is 0. The van der Waals surface area contributed by atoms with Crippen LogP contribution in [-0.4, -0.2) is 0 Å². The van der Waals surface area contributed by atoms with Crippen molar-refractivity contribution in [1.82, 2.24) is 0 Å². The summed E-state index contributed by atoms with van der Waals surface area (Å²) in [7, 11) is 0. The Labute approximate surface area is 246 Å². The third-order valence-corrected chi connectivity index (χ3v) is 12.9. The van der Waals surface area contributed by atoms with Gasteiger partial charge in [0.2, 0.25) is 0 Å². The molecule has 0 aliphatic carbocycles. The molecule has 0 atom stereocenters. The minimum absolute atomic E-state index is 1.33. The van der Waals surface area contributed by atoms with E-state index in [4.69, 9.17) is 0 Å². The van der Waals surface area contributed by atoms with Crippen molar-refractivity contribution in [2.45, 2.75) is 0 Å². The number of fused-ring (bicyclic) bond motifs is 4. The van der Waals surface area contributed by atoms with Crippen LogP contribution in [0.5, 0.6) is 0 Å². The summed E-state index contributed by atoms with van der Waals surface area (Å²) < 4.78 is 2.75. The predicted molar refractivity (Wildman–Crippen MR) is 186 cm³/mol. The molecule has 4 heteroatoms. The van der Waals surface area contributed by atoms with Crippen molar-refractivity contribution in [3.8, 4) is 0 Å². The lowest BCUT2D eigenvalue weighted by Crippen LogP contribution is -2.10. The average molecular weight is 579 g/mol. The summed E-state index contributed by atoms with van der Waals surface area (Å²) in [6, 6.07) is 32.4. The van der Waals surface area contributed by atoms with Crippen molar-refractivity contribution in [2.24, 2.45) is 0 Å². The van der Waals surface area contributed by atoms with Gasteiger partial charge in [-0.1, -0.05) is 120 Å². The van der Waals surface area contributed by atoms with Crippen LogP contribution in [0, 0.1) is 0 Å². The highest BCUT2D eigenvalue weighted by molar-refractivity contribution is 8.35. The fourth-order valence-corrected chi connectivity index (χ4v) is 11.0. The van der Waals surface area contributed by atoms with Crippen molar-refractivity contribution in [3.63, 3.8) is 0 Å². The summed E-state index contributed by atoms with van der Waals surface area (Å²) in [4.78, 5) is 0. The van der Waals surface area contributed by atoms with Gasteiger partial charge >= 0.3 is 0 Å². The maximum atomic E-state index is 2.49. The molecular formula is C36H18S4. The smallest absolute Gasteiger partial charge is 0.0571 e. The minimum Gasteiger partial charge on any atom is -0.0895 e. The maximum absolute atomic E-state index is 2.49. The molecule has 0 saturated heterocycles. The van der Waals surface area contributed by atoms with Gasteiger partial charge in [-0.05, 0) is 109 Å². The summed E-state index contributed by atoms with van der Waals surface area (Å²) >= 11 is 7.41. The second-order valence-electron chi connectivity index (χ2n) is 10.5. The standard InChI is InChI=1S/C36H18S4/c1-3-7-23-21(5-1)25-11-9-19-18-28-32-26(22-6-2-4-8-24(22)34(28)36-39-15-16-40-36)12-10-20-17-27(31(25)29(19)30(20)32)33(23)35-37-13-14-38-35/h1-18H. The van der Waals surface area contributed by atoms with E-state index in [1.807, 2.05) is 47.0 Å². The molecule has 186 valence electrons. The van der Waals surface area contributed by atoms with Crippen LogP contribution >= 0.6 is 47.0 Å². The van der Waals surface area contributed by atoms with Crippen LogP contribution in [0.3, 0.4) is 0 Å². The van der Waals surface area contributed by atoms with E-state index in [1.54, 1.807) is 0 Å². The molecule has 2 aliphatic heterocycles. The Balaban J connectivity index is 1.55. The topological polar surface area (TPSA) is 0 Å². The summed E-state index contributed by atoms with van der Waals surface area (Å²) in [5.41, 5.74) is 0. The maximum Gasteiger partial charge on any atom is 0.0571 e. The van der Waals surface area contributed by atoms with Crippen LogP contribution in [0.1, 0.15) is 0 Å². The Morgan fingerprint density at radius 1 is 0.325 bits per heavy atom. The molecule has 0 nitrogen and oxygen atoms in total. The molecule has 8 aromatic carbocycles. The van der Waals surface area contributed by atoms with Crippen molar-refractivity contribution >= 4 is 131 Å². The number of thioether (sulfide) groups is 4. The first-order valence-corrected chi connectivity index (χ1v) is 16.8. The van der Waals surface area contributed by atoms with Gasteiger partial charge in [-0.25, -0.2) is 0 Å². The zero-order valence-corrected chi connectivity index (χ0v) is 24.3. The molecule has 10 rings (SSSR count). The third kappa shape index (κ3) is 2.80. The van der Waals surface area contributed by atoms with Gasteiger partial charge in [0.25, 0.3) is 0 Å². The third-order valence-electron chi connectivity index (χ3n) is 8.59. The van der Waals surface area contributed by atoms with Gasteiger partial charge in [0.05, 0.1) is 8.47 Å². The van der Waals surface area contributed by atoms with Crippen LogP contribution in [0.25, 0.3) is 83.9 Å². The molecule has 2 heterocycles. The quantitative estimate of drug-likeness (QED) is 0.130. The molecule has 8 aromatic rings.